The van der Waals surface area contributed by atoms with Gasteiger partial charge in [-0.15, -0.1) is 0 Å². The first-order chi connectivity index (χ1) is 10.3. The fourth-order valence-corrected chi connectivity index (χ4v) is 2.00. The largest absolute Gasteiger partial charge is 0.378 e. The van der Waals surface area contributed by atoms with Crippen molar-refractivity contribution >= 4 is 17.5 Å². The van der Waals surface area contributed by atoms with E-state index >= 15 is 0 Å². The average Bonchev–Trinajstić information content (AvgIpc) is 2.57. The summed E-state index contributed by atoms with van der Waals surface area (Å²) in [7, 11) is 0. The zero-order valence-corrected chi connectivity index (χ0v) is 11.4. The third-order valence-corrected chi connectivity index (χ3v) is 3.09. The van der Waals surface area contributed by atoms with Gasteiger partial charge in [0.25, 0.3) is 5.91 Å². The van der Waals surface area contributed by atoms with Crippen LogP contribution in [0.15, 0.2) is 36.8 Å². The summed E-state index contributed by atoms with van der Waals surface area (Å²) in [4.78, 5) is 26.5. The first-order valence-corrected chi connectivity index (χ1v) is 6.70. The van der Waals surface area contributed by atoms with E-state index in [2.05, 4.69) is 20.3 Å². The molecular formula is C14H15N5O2. The van der Waals surface area contributed by atoms with Crippen LogP contribution >= 0.6 is 0 Å². The second-order valence-corrected chi connectivity index (χ2v) is 4.54. The summed E-state index contributed by atoms with van der Waals surface area (Å²) in [6.07, 6.45) is 4.77. The molecule has 1 fully saturated rings. The van der Waals surface area contributed by atoms with Crippen molar-refractivity contribution in [2.75, 3.05) is 36.5 Å². The summed E-state index contributed by atoms with van der Waals surface area (Å²) in [6.45, 7) is 2.92. The van der Waals surface area contributed by atoms with E-state index in [4.69, 9.17) is 4.74 Å². The van der Waals surface area contributed by atoms with Gasteiger partial charge in [-0.1, -0.05) is 6.07 Å². The Balaban J connectivity index is 1.65. The monoisotopic (exact) mass is 285 g/mol. The molecule has 2 aromatic heterocycles. The van der Waals surface area contributed by atoms with Crippen molar-refractivity contribution in [3.05, 3.63) is 42.5 Å². The van der Waals surface area contributed by atoms with Crippen LogP contribution in [0.25, 0.3) is 0 Å². The molecule has 2 aromatic rings. The molecular weight excluding hydrogens is 270 g/mol. The second kappa shape index (κ2) is 6.27. The highest BCUT2D eigenvalue weighted by atomic mass is 16.5. The summed E-state index contributed by atoms with van der Waals surface area (Å²) in [5.74, 6) is 0.368. The molecule has 1 amide bonds. The number of hydrogen-bond donors (Lipinski definition) is 1. The zero-order valence-electron chi connectivity index (χ0n) is 11.4. The quantitative estimate of drug-likeness (QED) is 0.904. The number of ether oxygens (including phenoxy) is 1. The van der Waals surface area contributed by atoms with Gasteiger partial charge in [-0.05, 0) is 12.1 Å². The Bertz CT molecular complexity index is 597. The van der Waals surface area contributed by atoms with E-state index in [1.54, 1.807) is 36.8 Å². The molecule has 1 saturated heterocycles. The van der Waals surface area contributed by atoms with E-state index in [1.165, 1.54) is 0 Å². The third-order valence-electron chi connectivity index (χ3n) is 3.09. The maximum atomic E-state index is 11.9. The first kappa shape index (κ1) is 13.4. The lowest BCUT2D eigenvalue weighted by Gasteiger charge is -2.26. The Morgan fingerprint density at radius 2 is 1.90 bits per heavy atom. The topological polar surface area (TPSA) is 80.2 Å². The van der Waals surface area contributed by atoms with Gasteiger partial charge in [-0.25, -0.2) is 9.97 Å². The van der Waals surface area contributed by atoms with Crippen LogP contribution in [0.3, 0.4) is 0 Å². The van der Waals surface area contributed by atoms with Crippen LogP contribution < -0.4 is 10.2 Å². The molecule has 1 aliphatic heterocycles. The number of morpholine rings is 1. The molecule has 0 aromatic carbocycles. The van der Waals surface area contributed by atoms with Crippen molar-refractivity contribution in [1.29, 1.82) is 0 Å². The van der Waals surface area contributed by atoms with Crippen LogP contribution in [-0.2, 0) is 4.74 Å². The van der Waals surface area contributed by atoms with Gasteiger partial charge in [-0.2, -0.15) is 0 Å². The van der Waals surface area contributed by atoms with Crippen LogP contribution in [-0.4, -0.2) is 47.2 Å². The molecule has 7 heteroatoms. The van der Waals surface area contributed by atoms with E-state index in [0.29, 0.717) is 30.5 Å². The summed E-state index contributed by atoms with van der Waals surface area (Å²) < 4.78 is 5.29. The Kier molecular flexibility index (Phi) is 4.02. The molecule has 0 radical (unpaired) electrons. The van der Waals surface area contributed by atoms with Crippen LogP contribution in [0.5, 0.6) is 0 Å². The Labute approximate surface area is 122 Å². The summed E-state index contributed by atoms with van der Waals surface area (Å²) in [5, 5.41) is 2.72. The number of anilines is 2. The number of rotatable bonds is 3. The summed E-state index contributed by atoms with van der Waals surface area (Å²) in [6, 6.07) is 5.18. The number of hydrogen-bond acceptors (Lipinski definition) is 6. The molecule has 0 atom stereocenters. The van der Waals surface area contributed by atoms with Gasteiger partial charge in [0.1, 0.15) is 5.69 Å². The molecule has 0 bridgehead atoms. The number of pyridine rings is 1. The van der Waals surface area contributed by atoms with Gasteiger partial charge in [0.15, 0.2) is 0 Å². The van der Waals surface area contributed by atoms with Crippen LogP contribution in [0.2, 0.25) is 0 Å². The molecule has 108 valence electrons. The van der Waals surface area contributed by atoms with Gasteiger partial charge in [0, 0.05) is 19.3 Å². The average molecular weight is 285 g/mol. The number of nitrogens with one attached hydrogen (secondary N) is 1. The van der Waals surface area contributed by atoms with Gasteiger partial charge in [0.05, 0.1) is 31.3 Å². The van der Waals surface area contributed by atoms with Gasteiger partial charge >= 0.3 is 0 Å². The SMILES string of the molecule is O=C(Nc1cnc(N2CCOCC2)nc1)c1ccccn1. The van der Waals surface area contributed by atoms with E-state index in [0.717, 1.165) is 13.1 Å². The van der Waals surface area contributed by atoms with Crippen LogP contribution in [0.1, 0.15) is 10.5 Å². The Hall–Kier alpha value is -2.54. The molecule has 0 aliphatic carbocycles. The number of aromatic nitrogens is 3. The van der Waals surface area contributed by atoms with E-state index < -0.39 is 0 Å². The molecule has 0 unspecified atom stereocenters. The van der Waals surface area contributed by atoms with E-state index in [1.807, 2.05) is 4.90 Å². The lowest BCUT2D eigenvalue weighted by atomic mass is 10.3. The van der Waals surface area contributed by atoms with Gasteiger partial charge in [0.2, 0.25) is 5.95 Å². The van der Waals surface area contributed by atoms with Crippen molar-refractivity contribution < 1.29 is 9.53 Å². The second-order valence-electron chi connectivity index (χ2n) is 4.54. The van der Waals surface area contributed by atoms with Crippen LogP contribution in [0, 0.1) is 0 Å². The summed E-state index contributed by atoms with van der Waals surface area (Å²) in [5.41, 5.74) is 0.900. The lowest BCUT2D eigenvalue weighted by Crippen LogP contribution is -2.37. The molecule has 0 saturated carbocycles. The molecule has 0 spiro atoms. The van der Waals surface area contributed by atoms with Crippen molar-refractivity contribution in [2.24, 2.45) is 0 Å². The standard InChI is InChI=1S/C14H15N5O2/c20-13(12-3-1-2-4-15-12)18-11-9-16-14(17-10-11)19-5-7-21-8-6-19/h1-4,9-10H,5-8H2,(H,18,20). The smallest absolute Gasteiger partial charge is 0.274 e. The minimum Gasteiger partial charge on any atom is -0.378 e. The van der Waals surface area contributed by atoms with Crippen molar-refractivity contribution in [3.8, 4) is 0 Å². The maximum Gasteiger partial charge on any atom is 0.274 e. The minimum absolute atomic E-state index is 0.279. The highest BCUT2D eigenvalue weighted by Crippen LogP contribution is 2.12. The molecule has 1 aliphatic rings. The van der Waals surface area contributed by atoms with Crippen molar-refractivity contribution in [2.45, 2.75) is 0 Å². The fourth-order valence-electron chi connectivity index (χ4n) is 2.00. The molecule has 7 nitrogen and oxygen atoms in total. The first-order valence-electron chi connectivity index (χ1n) is 6.70. The number of carbonyl (C=O) groups excluding carboxylic acids is 1. The highest BCUT2D eigenvalue weighted by molar-refractivity contribution is 6.02. The van der Waals surface area contributed by atoms with Gasteiger partial charge < -0.3 is 15.0 Å². The van der Waals surface area contributed by atoms with Gasteiger partial charge in [-0.3, -0.25) is 9.78 Å². The number of nitrogens with zero attached hydrogens (tertiary/aromatic N) is 4. The predicted octanol–water partition coefficient (Wildman–Crippen LogP) is 0.960. The fraction of sp³-hybridized carbons (Fsp3) is 0.286. The molecule has 1 N–H and O–H groups in total. The maximum absolute atomic E-state index is 11.9. The van der Waals surface area contributed by atoms with Crippen molar-refractivity contribution in [3.63, 3.8) is 0 Å². The number of carbonyl (C=O) groups is 1. The van der Waals surface area contributed by atoms with Crippen molar-refractivity contribution in [1.82, 2.24) is 15.0 Å². The highest BCUT2D eigenvalue weighted by Gasteiger charge is 2.14. The molecule has 3 heterocycles. The van der Waals surface area contributed by atoms with Crippen LogP contribution in [0.4, 0.5) is 11.6 Å². The Morgan fingerprint density at radius 3 is 2.57 bits per heavy atom. The van der Waals surface area contributed by atoms with E-state index in [-0.39, 0.29) is 5.91 Å². The normalized spacial score (nSPS) is 14.8. The number of amides is 1. The summed E-state index contributed by atoms with van der Waals surface area (Å²) >= 11 is 0. The van der Waals surface area contributed by atoms with E-state index in [9.17, 15) is 4.79 Å². The Morgan fingerprint density at radius 1 is 1.14 bits per heavy atom. The third kappa shape index (κ3) is 3.32. The molecule has 21 heavy (non-hydrogen) atoms. The lowest BCUT2D eigenvalue weighted by molar-refractivity contribution is 0.102. The molecule has 3 rings (SSSR count). The predicted molar refractivity (Wildman–Crippen MR) is 77.3 cm³/mol. The zero-order chi connectivity index (χ0) is 14.5. The minimum atomic E-state index is -0.279.